The Labute approximate surface area is 176 Å². The van der Waals surface area contributed by atoms with Crippen LogP contribution in [0.5, 0.6) is 0 Å². The molecule has 0 aliphatic heterocycles. The summed E-state index contributed by atoms with van der Waals surface area (Å²) in [5.41, 5.74) is 1.08. The van der Waals surface area contributed by atoms with Crippen LogP contribution in [0.4, 0.5) is 10.1 Å². The highest BCUT2D eigenvalue weighted by atomic mass is 127. The highest BCUT2D eigenvalue weighted by molar-refractivity contribution is 14.1. The maximum Gasteiger partial charge on any atom is 0.255 e. The quantitative estimate of drug-likeness (QED) is 0.351. The number of rotatable bonds is 5. The lowest BCUT2D eigenvalue weighted by Crippen LogP contribution is -2.12. The zero-order valence-corrected chi connectivity index (χ0v) is 18.0. The third kappa shape index (κ3) is 5.36. The van der Waals surface area contributed by atoms with Crippen molar-refractivity contribution in [3.63, 3.8) is 0 Å². The van der Waals surface area contributed by atoms with E-state index in [0.717, 1.165) is 20.1 Å². The molecule has 1 amide bonds. The van der Waals surface area contributed by atoms with E-state index in [0.29, 0.717) is 11.3 Å². The second kappa shape index (κ2) is 9.42. The summed E-state index contributed by atoms with van der Waals surface area (Å²) in [5, 5.41) is 2.77. The number of amides is 1. The van der Waals surface area contributed by atoms with Gasteiger partial charge < -0.3 is 5.32 Å². The fourth-order valence-electron chi connectivity index (χ4n) is 3.09. The van der Waals surface area contributed by atoms with Crippen LogP contribution in [0.3, 0.4) is 0 Å². The molecule has 0 heterocycles. The van der Waals surface area contributed by atoms with Gasteiger partial charge in [0.25, 0.3) is 5.91 Å². The lowest BCUT2D eigenvalue weighted by Gasteiger charge is -2.21. The van der Waals surface area contributed by atoms with E-state index in [1.807, 2.05) is 30.0 Å². The minimum Gasteiger partial charge on any atom is -0.322 e. The lowest BCUT2D eigenvalue weighted by molar-refractivity contribution is 0.102. The maximum atomic E-state index is 13.2. The summed E-state index contributed by atoms with van der Waals surface area (Å²) in [7, 11) is 0. The number of carbonyl (C=O) groups is 1. The van der Waals surface area contributed by atoms with Gasteiger partial charge in [-0.15, -0.1) is 11.8 Å². The van der Waals surface area contributed by atoms with Crippen molar-refractivity contribution in [1.29, 1.82) is 0 Å². The molecule has 0 aromatic heterocycles. The number of benzene rings is 2. The van der Waals surface area contributed by atoms with Crippen molar-refractivity contribution in [3.8, 4) is 0 Å². The average molecular weight is 504 g/mol. The Morgan fingerprint density at radius 3 is 2.69 bits per heavy atom. The zero-order chi connectivity index (χ0) is 18.5. The number of hydrogen-bond acceptors (Lipinski definition) is 2. The van der Waals surface area contributed by atoms with Crippen LogP contribution in [-0.2, 0) is 0 Å². The molecular weight excluding hydrogens is 484 g/mol. The zero-order valence-electron chi connectivity index (χ0n) is 14.2. The smallest absolute Gasteiger partial charge is 0.255 e. The number of thioether (sulfide) groups is 1. The van der Waals surface area contributed by atoms with Gasteiger partial charge in [0.05, 0.1) is 5.02 Å². The molecule has 26 heavy (non-hydrogen) atoms. The average Bonchev–Trinajstić information content (AvgIpc) is 2.65. The van der Waals surface area contributed by atoms with E-state index in [1.54, 1.807) is 0 Å². The monoisotopic (exact) mass is 503 g/mol. The van der Waals surface area contributed by atoms with E-state index in [2.05, 4.69) is 27.9 Å². The number of anilines is 1. The van der Waals surface area contributed by atoms with Gasteiger partial charge in [-0.1, -0.05) is 30.9 Å². The fourth-order valence-corrected chi connectivity index (χ4v) is 5.24. The number of halogens is 3. The van der Waals surface area contributed by atoms with Crippen LogP contribution in [0.15, 0.2) is 41.3 Å². The summed E-state index contributed by atoms with van der Waals surface area (Å²) in [6.07, 6.45) is 6.67. The molecule has 2 aromatic rings. The van der Waals surface area contributed by atoms with Gasteiger partial charge in [0.2, 0.25) is 0 Å². The van der Waals surface area contributed by atoms with Gasteiger partial charge in [-0.25, -0.2) is 4.39 Å². The topological polar surface area (TPSA) is 29.1 Å². The molecule has 1 saturated carbocycles. The number of nitrogens with one attached hydrogen (secondary N) is 1. The van der Waals surface area contributed by atoms with Gasteiger partial charge in [-0.2, -0.15) is 0 Å². The van der Waals surface area contributed by atoms with Crippen LogP contribution in [-0.4, -0.2) is 11.7 Å². The minimum atomic E-state index is -0.500. The van der Waals surface area contributed by atoms with E-state index >= 15 is 0 Å². The molecule has 0 radical (unpaired) electrons. The molecule has 0 atom stereocenters. The molecule has 1 fully saturated rings. The summed E-state index contributed by atoms with van der Waals surface area (Å²) in [4.78, 5) is 13.7. The first kappa shape index (κ1) is 20.0. The van der Waals surface area contributed by atoms with Crippen LogP contribution < -0.4 is 5.32 Å². The van der Waals surface area contributed by atoms with Crippen molar-refractivity contribution < 1.29 is 9.18 Å². The Hall–Kier alpha value is -0.790. The van der Waals surface area contributed by atoms with E-state index in [1.165, 1.54) is 50.3 Å². The fraction of sp³-hybridized carbons (Fsp3) is 0.350. The molecule has 0 bridgehead atoms. The van der Waals surface area contributed by atoms with Crippen LogP contribution in [0.1, 0.15) is 42.5 Å². The van der Waals surface area contributed by atoms with E-state index in [4.69, 9.17) is 11.6 Å². The van der Waals surface area contributed by atoms with Crippen LogP contribution in [0.2, 0.25) is 5.02 Å². The molecule has 1 aliphatic carbocycles. The van der Waals surface area contributed by atoms with Crippen molar-refractivity contribution in [2.75, 3.05) is 11.1 Å². The summed E-state index contributed by atoms with van der Waals surface area (Å²) < 4.78 is 14.4. The first-order valence-electron chi connectivity index (χ1n) is 8.71. The summed E-state index contributed by atoms with van der Waals surface area (Å²) in [6, 6.07) is 9.89. The second-order valence-corrected chi connectivity index (χ2v) is 9.17. The third-order valence-electron chi connectivity index (χ3n) is 4.57. The summed E-state index contributed by atoms with van der Waals surface area (Å²) in [6.45, 7) is 0. The predicted octanol–water partition coefficient (Wildman–Crippen LogP) is 7.01. The van der Waals surface area contributed by atoms with Gasteiger partial charge in [0.15, 0.2) is 0 Å². The Kier molecular flexibility index (Phi) is 7.23. The first-order valence-corrected chi connectivity index (χ1v) is 11.2. The van der Waals surface area contributed by atoms with Crippen LogP contribution in [0.25, 0.3) is 0 Å². The Bertz CT molecular complexity index is 795. The Morgan fingerprint density at radius 1 is 1.19 bits per heavy atom. The molecule has 0 saturated heterocycles. The summed E-state index contributed by atoms with van der Waals surface area (Å²) >= 11 is 9.93. The molecule has 0 unspecified atom stereocenters. The minimum absolute atomic E-state index is 0.00543. The summed E-state index contributed by atoms with van der Waals surface area (Å²) in [5.74, 6) is 1.17. The van der Waals surface area contributed by atoms with Crippen molar-refractivity contribution in [1.82, 2.24) is 0 Å². The van der Waals surface area contributed by atoms with Gasteiger partial charge in [0, 0.05) is 25.5 Å². The molecule has 6 heteroatoms. The highest BCUT2D eigenvalue weighted by Gasteiger charge is 2.15. The van der Waals surface area contributed by atoms with Crippen molar-refractivity contribution >= 4 is 57.5 Å². The molecule has 1 aliphatic rings. The predicted molar refractivity (Wildman–Crippen MR) is 116 cm³/mol. The molecule has 3 rings (SSSR count). The van der Waals surface area contributed by atoms with Crippen molar-refractivity contribution in [3.05, 3.63) is 56.4 Å². The van der Waals surface area contributed by atoms with Crippen LogP contribution in [0, 0.1) is 15.3 Å². The molecule has 138 valence electrons. The SMILES string of the molecule is O=C(Nc1ccc(F)c(Cl)c1)c1ccc(I)c(SCC2CCCCC2)c1. The molecule has 0 spiro atoms. The third-order valence-corrected chi connectivity index (χ3v) is 7.45. The largest absolute Gasteiger partial charge is 0.322 e. The van der Waals surface area contributed by atoms with Gasteiger partial charge in [0.1, 0.15) is 5.82 Å². The van der Waals surface area contributed by atoms with E-state index < -0.39 is 5.82 Å². The molecular formula is C20H20ClFINOS. The Balaban J connectivity index is 1.67. The van der Waals surface area contributed by atoms with Crippen molar-refractivity contribution in [2.45, 2.75) is 37.0 Å². The van der Waals surface area contributed by atoms with Crippen LogP contribution >= 0.6 is 46.0 Å². The number of carbonyl (C=O) groups excluding carboxylic acids is 1. The van der Waals surface area contributed by atoms with Gasteiger partial charge >= 0.3 is 0 Å². The number of hydrogen-bond donors (Lipinski definition) is 1. The lowest BCUT2D eigenvalue weighted by atomic mass is 9.91. The van der Waals surface area contributed by atoms with Gasteiger partial charge in [-0.05, 0) is 77.7 Å². The van der Waals surface area contributed by atoms with Gasteiger partial charge in [-0.3, -0.25) is 4.79 Å². The molecule has 2 nitrogen and oxygen atoms in total. The molecule has 1 N–H and O–H groups in total. The standard InChI is InChI=1S/C20H20ClFINOS/c21-16-11-15(7-8-17(16)22)24-20(25)14-6-9-18(23)19(10-14)26-12-13-4-2-1-3-5-13/h6-11,13H,1-5,12H2,(H,24,25). The second-order valence-electron chi connectivity index (χ2n) is 6.54. The highest BCUT2D eigenvalue weighted by Crippen LogP contribution is 2.32. The van der Waals surface area contributed by atoms with E-state index in [-0.39, 0.29) is 10.9 Å². The van der Waals surface area contributed by atoms with E-state index in [9.17, 15) is 9.18 Å². The molecule has 2 aromatic carbocycles. The normalized spacial score (nSPS) is 15.0. The maximum absolute atomic E-state index is 13.2. The first-order chi connectivity index (χ1) is 12.5. The van der Waals surface area contributed by atoms with Crippen molar-refractivity contribution in [2.24, 2.45) is 5.92 Å². The Morgan fingerprint density at radius 2 is 1.96 bits per heavy atom.